The van der Waals surface area contributed by atoms with Gasteiger partial charge in [0.25, 0.3) is 0 Å². The van der Waals surface area contributed by atoms with Crippen molar-refractivity contribution in [2.75, 3.05) is 0 Å². The Morgan fingerprint density at radius 3 is 1.93 bits per heavy atom. The third kappa shape index (κ3) is 5.25. The van der Waals surface area contributed by atoms with Gasteiger partial charge in [-0.1, -0.05) is 13.8 Å². The molecular formula is C23H33N2O4+. The van der Waals surface area contributed by atoms with Gasteiger partial charge in [0, 0.05) is 23.0 Å². The van der Waals surface area contributed by atoms with Crippen LogP contribution in [-0.2, 0) is 26.1 Å². The zero-order valence-electron chi connectivity index (χ0n) is 18.5. The Bertz CT molecular complexity index is 795. The molecule has 6 heteroatoms. The first-order chi connectivity index (χ1) is 13.7. The lowest BCUT2D eigenvalue weighted by atomic mass is 9.81. The van der Waals surface area contributed by atoms with E-state index in [1.165, 1.54) is 0 Å². The summed E-state index contributed by atoms with van der Waals surface area (Å²) in [5, 5.41) is 3.19. The molecule has 0 aromatic carbocycles. The Labute approximate surface area is 173 Å². The second-order valence-corrected chi connectivity index (χ2v) is 7.69. The van der Waals surface area contributed by atoms with Crippen LogP contribution in [0, 0.1) is 0 Å². The van der Waals surface area contributed by atoms with Crippen LogP contribution in [0.2, 0.25) is 0 Å². The number of hydrogen-bond donors (Lipinski definition) is 1. The van der Waals surface area contributed by atoms with Gasteiger partial charge in [-0.05, 0) is 46.6 Å². The number of ether oxygens (including phenoxy) is 2. The van der Waals surface area contributed by atoms with Crippen LogP contribution < -0.4 is 9.88 Å². The van der Waals surface area contributed by atoms with Gasteiger partial charge >= 0.3 is 11.9 Å². The number of aryl methyl sites for hydroxylation is 1. The number of nitrogens with zero attached hydrogens (tertiary/aromatic N) is 1. The first-order valence-corrected chi connectivity index (χ1v) is 10.2. The van der Waals surface area contributed by atoms with Crippen LogP contribution in [0.1, 0.15) is 65.9 Å². The fraction of sp³-hybridized carbons (Fsp3) is 0.522. The van der Waals surface area contributed by atoms with E-state index in [0.29, 0.717) is 35.4 Å². The predicted octanol–water partition coefficient (Wildman–Crippen LogP) is 3.43. The fourth-order valence-corrected chi connectivity index (χ4v) is 3.31. The van der Waals surface area contributed by atoms with Gasteiger partial charge in [-0.25, -0.2) is 14.2 Å². The standard InChI is InChI=1S/C23H32N2O4/c1-8-14(3)28-22(26)19-16(5)24-17(6)20(23(27)29-15(4)9-2)21(19)18-11-10-12-25(7)13-18/h10-15,21H,8-9H2,1-7H3/p+1. The number of esters is 2. The molecule has 1 aliphatic heterocycles. The Morgan fingerprint density at radius 2 is 1.52 bits per heavy atom. The number of aromatic nitrogens is 1. The van der Waals surface area contributed by atoms with E-state index in [1.807, 2.05) is 77.7 Å². The summed E-state index contributed by atoms with van der Waals surface area (Å²) in [6.07, 6.45) is 4.84. The molecule has 2 atom stereocenters. The highest BCUT2D eigenvalue weighted by Gasteiger charge is 2.39. The van der Waals surface area contributed by atoms with Crippen LogP contribution in [0.5, 0.6) is 0 Å². The van der Waals surface area contributed by atoms with Gasteiger partial charge in [0.15, 0.2) is 12.4 Å². The molecular weight excluding hydrogens is 368 g/mol. The van der Waals surface area contributed by atoms with Gasteiger partial charge < -0.3 is 14.8 Å². The molecule has 158 valence electrons. The van der Waals surface area contributed by atoms with Gasteiger partial charge in [0.05, 0.1) is 29.3 Å². The number of pyridine rings is 1. The highest BCUT2D eigenvalue weighted by atomic mass is 16.5. The van der Waals surface area contributed by atoms with Crippen molar-refractivity contribution in [3.63, 3.8) is 0 Å². The lowest BCUT2D eigenvalue weighted by Gasteiger charge is -2.31. The molecule has 0 amide bonds. The topological polar surface area (TPSA) is 68.5 Å². The molecule has 0 radical (unpaired) electrons. The summed E-state index contributed by atoms with van der Waals surface area (Å²) >= 11 is 0. The third-order valence-electron chi connectivity index (χ3n) is 5.26. The first kappa shape index (κ1) is 22.7. The minimum Gasteiger partial charge on any atom is -0.459 e. The molecule has 1 aromatic heterocycles. The van der Waals surface area contributed by atoms with Crippen molar-refractivity contribution in [1.82, 2.24) is 5.32 Å². The third-order valence-corrected chi connectivity index (χ3v) is 5.26. The van der Waals surface area contributed by atoms with E-state index in [2.05, 4.69) is 5.32 Å². The Hall–Kier alpha value is -2.63. The second-order valence-electron chi connectivity index (χ2n) is 7.69. The molecule has 1 aliphatic rings. The number of hydrogen-bond acceptors (Lipinski definition) is 5. The summed E-state index contributed by atoms with van der Waals surface area (Å²) < 4.78 is 13.2. The van der Waals surface area contributed by atoms with Crippen LogP contribution in [0.15, 0.2) is 47.1 Å². The van der Waals surface area contributed by atoms with Crippen LogP contribution in [-0.4, -0.2) is 24.1 Å². The summed E-state index contributed by atoms with van der Waals surface area (Å²) in [7, 11) is 1.91. The Kier molecular flexibility index (Phi) is 7.59. The van der Waals surface area contributed by atoms with E-state index in [1.54, 1.807) is 0 Å². The van der Waals surface area contributed by atoms with Crippen LogP contribution in [0.3, 0.4) is 0 Å². The monoisotopic (exact) mass is 401 g/mol. The van der Waals surface area contributed by atoms with Crippen molar-refractivity contribution in [2.45, 2.75) is 72.5 Å². The zero-order valence-corrected chi connectivity index (χ0v) is 18.5. The van der Waals surface area contributed by atoms with E-state index >= 15 is 0 Å². The van der Waals surface area contributed by atoms with Gasteiger partial charge in [-0.2, -0.15) is 0 Å². The maximum Gasteiger partial charge on any atom is 0.337 e. The average Bonchev–Trinajstić information content (AvgIpc) is 2.66. The summed E-state index contributed by atoms with van der Waals surface area (Å²) in [5.41, 5.74) is 3.10. The van der Waals surface area contributed by atoms with E-state index in [-0.39, 0.29) is 12.2 Å². The molecule has 2 unspecified atom stereocenters. The summed E-state index contributed by atoms with van der Waals surface area (Å²) in [6.45, 7) is 11.3. The number of rotatable bonds is 7. The molecule has 6 nitrogen and oxygen atoms in total. The predicted molar refractivity (Wildman–Crippen MR) is 111 cm³/mol. The maximum absolute atomic E-state index is 13.1. The minimum atomic E-state index is -0.559. The Balaban J connectivity index is 2.58. The largest absolute Gasteiger partial charge is 0.459 e. The van der Waals surface area contributed by atoms with Crippen LogP contribution >= 0.6 is 0 Å². The number of allylic oxidation sites excluding steroid dienone is 2. The average molecular weight is 402 g/mol. The van der Waals surface area contributed by atoms with Crippen molar-refractivity contribution < 1.29 is 23.6 Å². The quantitative estimate of drug-likeness (QED) is 0.560. The van der Waals surface area contributed by atoms with Gasteiger partial charge in [-0.15, -0.1) is 0 Å². The zero-order chi connectivity index (χ0) is 21.7. The molecule has 0 fully saturated rings. The molecule has 29 heavy (non-hydrogen) atoms. The summed E-state index contributed by atoms with van der Waals surface area (Å²) in [4.78, 5) is 26.2. The van der Waals surface area contributed by atoms with Crippen molar-refractivity contribution in [3.05, 3.63) is 52.6 Å². The highest BCUT2D eigenvalue weighted by Crippen LogP contribution is 2.39. The number of dihydropyridines is 1. The van der Waals surface area contributed by atoms with Crippen molar-refractivity contribution in [1.29, 1.82) is 0 Å². The van der Waals surface area contributed by atoms with Crippen molar-refractivity contribution in [3.8, 4) is 0 Å². The molecule has 1 aromatic rings. The molecule has 0 saturated carbocycles. The highest BCUT2D eigenvalue weighted by molar-refractivity contribution is 5.99. The lowest BCUT2D eigenvalue weighted by molar-refractivity contribution is -0.671. The van der Waals surface area contributed by atoms with E-state index in [0.717, 1.165) is 5.56 Å². The fourth-order valence-electron chi connectivity index (χ4n) is 3.31. The number of carbonyl (C=O) groups excluding carboxylic acids is 2. The smallest absolute Gasteiger partial charge is 0.337 e. The van der Waals surface area contributed by atoms with Crippen molar-refractivity contribution in [2.24, 2.45) is 7.05 Å². The molecule has 2 rings (SSSR count). The van der Waals surface area contributed by atoms with Crippen LogP contribution in [0.4, 0.5) is 0 Å². The lowest BCUT2D eigenvalue weighted by Crippen LogP contribution is -2.35. The van der Waals surface area contributed by atoms with Gasteiger partial charge in [0.2, 0.25) is 0 Å². The molecule has 0 aliphatic carbocycles. The normalized spacial score (nSPS) is 18.8. The second kappa shape index (κ2) is 9.72. The number of nitrogens with one attached hydrogen (secondary N) is 1. The van der Waals surface area contributed by atoms with E-state index in [9.17, 15) is 9.59 Å². The first-order valence-electron chi connectivity index (χ1n) is 10.2. The van der Waals surface area contributed by atoms with E-state index < -0.39 is 17.9 Å². The summed E-state index contributed by atoms with van der Waals surface area (Å²) in [5.74, 6) is -1.39. The molecule has 2 heterocycles. The maximum atomic E-state index is 13.1. The molecule has 0 saturated heterocycles. The van der Waals surface area contributed by atoms with Crippen LogP contribution in [0.25, 0.3) is 0 Å². The molecule has 1 N–H and O–H groups in total. The summed E-state index contributed by atoms with van der Waals surface area (Å²) in [6, 6.07) is 3.82. The van der Waals surface area contributed by atoms with Gasteiger partial charge in [0.1, 0.15) is 7.05 Å². The number of carbonyl (C=O) groups is 2. The minimum absolute atomic E-state index is 0.210. The Morgan fingerprint density at radius 1 is 1.03 bits per heavy atom. The van der Waals surface area contributed by atoms with Crippen molar-refractivity contribution >= 4 is 11.9 Å². The van der Waals surface area contributed by atoms with E-state index in [4.69, 9.17) is 9.47 Å². The SMILES string of the molecule is CCC(C)OC(=O)C1=C(C)NC(C)=C(C(=O)OC(C)CC)C1c1ccc[n+](C)c1. The van der Waals surface area contributed by atoms with Gasteiger partial charge in [-0.3, -0.25) is 0 Å². The molecule has 0 bridgehead atoms. The molecule has 0 spiro atoms.